The van der Waals surface area contributed by atoms with Crippen LogP contribution in [0.15, 0.2) is 0 Å². The van der Waals surface area contributed by atoms with E-state index in [0.717, 1.165) is 15.6 Å². The average Bonchev–Trinajstić information content (AvgIpc) is 2.70. The summed E-state index contributed by atoms with van der Waals surface area (Å²) in [6, 6.07) is 0.643. The van der Waals surface area contributed by atoms with Crippen molar-refractivity contribution in [3.63, 3.8) is 0 Å². The van der Waals surface area contributed by atoms with Crippen LogP contribution in [0.4, 0.5) is 5.13 Å². The minimum absolute atomic E-state index is 0.643. The summed E-state index contributed by atoms with van der Waals surface area (Å²) in [5, 5.41) is 8.15. The van der Waals surface area contributed by atoms with Gasteiger partial charge < -0.3 is 4.90 Å². The van der Waals surface area contributed by atoms with E-state index in [0.29, 0.717) is 12.0 Å². The van der Waals surface area contributed by atoms with Crippen molar-refractivity contribution < 1.29 is 0 Å². The molecule has 1 aromatic rings. The Kier molecular flexibility index (Phi) is 2.88. The zero-order valence-corrected chi connectivity index (χ0v) is 10.1. The SMILES string of the molecule is CC(C)C1CCCN1c1n[nH]c(=S)s1. The lowest BCUT2D eigenvalue weighted by Gasteiger charge is -2.26. The number of nitrogens with one attached hydrogen (secondary N) is 1. The number of rotatable bonds is 2. The Hall–Kier alpha value is -0.420. The molecule has 78 valence electrons. The smallest absolute Gasteiger partial charge is 0.207 e. The van der Waals surface area contributed by atoms with Gasteiger partial charge in [0.1, 0.15) is 0 Å². The third-order valence-electron chi connectivity index (χ3n) is 2.74. The van der Waals surface area contributed by atoms with Crippen LogP contribution in [0.5, 0.6) is 0 Å². The highest BCUT2D eigenvalue weighted by Crippen LogP contribution is 2.30. The molecule has 1 saturated heterocycles. The van der Waals surface area contributed by atoms with E-state index in [1.165, 1.54) is 12.8 Å². The van der Waals surface area contributed by atoms with Gasteiger partial charge in [0.2, 0.25) is 5.13 Å². The average molecular weight is 229 g/mol. The van der Waals surface area contributed by atoms with Crippen molar-refractivity contribution >= 4 is 28.7 Å². The highest BCUT2D eigenvalue weighted by molar-refractivity contribution is 7.73. The summed E-state index contributed by atoms with van der Waals surface area (Å²) in [7, 11) is 0. The molecule has 0 aliphatic carbocycles. The summed E-state index contributed by atoms with van der Waals surface area (Å²) in [5.74, 6) is 0.690. The molecule has 1 fully saturated rings. The molecule has 0 amide bonds. The summed E-state index contributed by atoms with van der Waals surface area (Å²) in [6.07, 6.45) is 2.55. The maximum absolute atomic E-state index is 5.05. The molecule has 1 aliphatic rings. The quantitative estimate of drug-likeness (QED) is 0.791. The van der Waals surface area contributed by atoms with Crippen molar-refractivity contribution in [2.24, 2.45) is 5.92 Å². The third-order valence-corrected chi connectivity index (χ3v) is 3.87. The second-order valence-corrected chi connectivity index (χ2v) is 5.69. The van der Waals surface area contributed by atoms with Crippen LogP contribution in [0, 0.1) is 9.87 Å². The minimum atomic E-state index is 0.643. The molecule has 0 aromatic carbocycles. The predicted molar refractivity (Wildman–Crippen MR) is 62.5 cm³/mol. The van der Waals surface area contributed by atoms with E-state index in [1.807, 2.05) is 0 Å². The molecule has 1 atom stereocenters. The maximum Gasteiger partial charge on any atom is 0.207 e. The number of H-pyrrole nitrogens is 1. The first-order chi connectivity index (χ1) is 6.68. The molecule has 0 radical (unpaired) electrons. The Morgan fingerprint density at radius 2 is 2.43 bits per heavy atom. The zero-order valence-electron chi connectivity index (χ0n) is 8.49. The highest BCUT2D eigenvalue weighted by Gasteiger charge is 2.28. The molecular weight excluding hydrogens is 214 g/mol. The largest absolute Gasteiger partial charge is 0.343 e. The van der Waals surface area contributed by atoms with Gasteiger partial charge in [0.05, 0.1) is 0 Å². The van der Waals surface area contributed by atoms with Gasteiger partial charge in [0.25, 0.3) is 0 Å². The number of anilines is 1. The summed E-state index contributed by atoms with van der Waals surface area (Å²) in [4.78, 5) is 2.39. The van der Waals surface area contributed by atoms with Crippen molar-refractivity contribution in [1.82, 2.24) is 10.2 Å². The van der Waals surface area contributed by atoms with Gasteiger partial charge in [-0.25, -0.2) is 0 Å². The molecule has 1 aliphatic heterocycles. The van der Waals surface area contributed by atoms with Crippen molar-refractivity contribution in [1.29, 1.82) is 0 Å². The zero-order chi connectivity index (χ0) is 10.1. The molecule has 3 nitrogen and oxygen atoms in total. The molecule has 0 spiro atoms. The first kappa shape index (κ1) is 10.1. The van der Waals surface area contributed by atoms with E-state index in [9.17, 15) is 0 Å². The predicted octanol–water partition coefficient (Wildman–Crippen LogP) is 2.83. The Morgan fingerprint density at radius 3 is 3.00 bits per heavy atom. The maximum atomic E-state index is 5.05. The van der Waals surface area contributed by atoms with Gasteiger partial charge in [0.15, 0.2) is 3.95 Å². The monoisotopic (exact) mass is 229 g/mol. The molecule has 0 bridgehead atoms. The van der Waals surface area contributed by atoms with Crippen molar-refractivity contribution in [3.8, 4) is 0 Å². The van der Waals surface area contributed by atoms with Crippen LogP contribution in [0.3, 0.4) is 0 Å². The van der Waals surface area contributed by atoms with E-state index in [4.69, 9.17) is 12.2 Å². The van der Waals surface area contributed by atoms with Crippen LogP contribution in [0.1, 0.15) is 26.7 Å². The van der Waals surface area contributed by atoms with Crippen molar-refractivity contribution in [2.45, 2.75) is 32.7 Å². The molecule has 0 saturated carbocycles. The van der Waals surface area contributed by atoms with E-state index in [2.05, 4.69) is 28.9 Å². The first-order valence-corrected chi connectivity index (χ1v) is 6.23. The van der Waals surface area contributed by atoms with Gasteiger partial charge in [-0.3, -0.25) is 5.10 Å². The van der Waals surface area contributed by atoms with Gasteiger partial charge in [0, 0.05) is 12.6 Å². The van der Waals surface area contributed by atoms with E-state index in [-0.39, 0.29) is 0 Å². The molecule has 2 heterocycles. The topological polar surface area (TPSA) is 31.9 Å². The lowest BCUT2D eigenvalue weighted by molar-refractivity contribution is 0.491. The Morgan fingerprint density at radius 1 is 1.64 bits per heavy atom. The normalized spacial score (nSPS) is 22.2. The van der Waals surface area contributed by atoms with Crippen LogP contribution in [-0.2, 0) is 0 Å². The van der Waals surface area contributed by atoms with Gasteiger partial charge in [-0.15, -0.1) is 5.10 Å². The third kappa shape index (κ3) is 1.83. The Bertz CT molecular complexity index is 355. The number of hydrogen-bond donors (Lipinski definition) is 1. The summed E-state index contributed by atoms with van der Waals surface area (Å²) < 4.78 is 0.773. The Labute approximate surface area is 93.1 Å². The number of hydrogen-bond acceptors (Lipinski definition) is 4. The summed E-state index contributed by atoms with van der Waals surface area (Å²) >= 11 is 6.63. The first-order valence-electron chi connectivity index (χ1n) is 5.00. The Balaban J connectivity index is 2.21. The van der Waals surface area contributed by atoms with Crippen LogP contribution in [0.2, 0.25) is 0 Å². The number of aromatic nitrogens is 2. The second-order valence-electron chi connectivity index (χ2n) is 4.04. The van der Waals surface area contributed by atoms with Gasteiger partial charge in [-0.05, 0) is 31.0 Å². The molecule has 1 aromatic heterocycles. The fourth-order valence-electron chi connectivity index (χ4n) is 2.07. The lowest BCUT2D eigenvalue weighted by Crippen LogP contribution is -2.33. The van der Waals surface area contributed by atoms with Crippen LogP contribution in [0.25, 0.3) is 0 Å². The summed E-state index contributed by atoms with van der Waals surface area (Å²) in [6.45, 7) is 5.67. The van der Waals surface area contributed by atoms with E-state index in [1.54, 1.807) is 11.3 Å². The van der Waals surface area contributed by atoms with Crippen LogP contribution >= 0.6 is 23.6 Å². The van der Waals surface area contributed by atoms with Gasteiger partial charge in [-0.1, -0.05) is 25.2 Å². The summed E-state index contributed by atoms with van der Waals surface area (Å²) in [5.41, 5.74) is 0. The van der Waals surface area contributed by atoms with E-state index < -0.39 is 0 Å². The fraction of sp³-hybridized carbons (Fsp3) is 0.778. The number of aromatic amines is 1. The molecule has 14 heavy (non-hydrogen) atoms. The standard InChI is InChI=1S/C9H15N3S2/c1-6(2)7-4-3-5-12(7)8-10-11-9(13)14-8/h6-7H,3-5H2,1-2H3,(H,11,13). The molecule has 1 unspecified atom stereocenters. The fourth-order valence-corrected chi connectivity index (χ4v) is 3.03. The van der Waals surface area contributed by atoms with Crippen LogP contribution in [-0.4, -0.2) is 22.8 Å². The second kappa shape index (κ2) is 3.98. The molecule has 1 N–H and O–H groups in total. The lowest BCUT2D eigenvalue weighted by atomic mass is 10.0. The van der Waals surface area contributed by atoms with E-state index >= 15 is 0 Å². The number of nitrogens with zero attached hydrogens (tertiary/aromatic N) is 2. The minimum Gasteiger partial charge on any atom is -0.343 e. The molecule has 2 rings (SSSR count). The van der Waals surface area contributed by atoms with Crippen LogP contribution < -0.4 is 4.90 Å². The molecular formula is C9H15N3S2. The van der Waals surface area contributed by atoms with Crippen molar-refractivity contribution in [3.05, 3.63) is 3.95 Å². The van der Waals surface area contributed by atoms with Crippen molar-refractivity contribution in [2.75, 3.05) is 11.4 Å². The van der Waals surface area contributed by atoms with Gasteiger partial charge >= 0.3 is 0 Å². The highest BCUT2D eigenvalue weighted by atomic mass is 32.1. The molecule has 5 heteroatoms. The van der Waals surface area contributed by atoms with Gasteiger partial charge in [-0.2, -0.15) is 0 Å².